The van der Waals surface area contributed by atoms with Gasteiger partial charge in [0.05, 0.1) is 18.2 Å². The van der Waals surface area contributed by atoms with Crippen molar-refractivity contribution >= 4 is 41.0 Å². The molecule has 6 nitrogen and oxygen atoms in total. The Morgan fingerprint density at radius 3 is 2.62 bits per heavy atom. The van der Waals surface area contributed by atoms with Crippen molar-refractivity contribution in [2.45, 2.75) is 50.2 Å². The third-order valence-corrected chi connectivity index (χ3v) is 8.16. The Morgan fingerprint density at radius 2 is 1.85 bits per heavy atom. The first-order chi connectivity index (χ1) is 18.6. The summed E-state index contributed by atoms with van der Waals surface area (Å²) in [5, 5.41) is 4.78. The Hall–Kier alpha value is -2.97. The van der Waals surface area contributed by atoms with Crippen molar-refractivity contribution in [2.75, 3.05) is 13.7 Å². The molecule has 0 unspecified atom stereocenters. The lowest BCUT2D eigenvalue weighted by molar-refractivity contribution is -0.145. The predicted octanol–water partition coefficient (Wildman–Crippen LogP) is 6.75. The summed E-state index contributed by atoms with van der Waals surface area (Å²) in [6, 6.07) is 15.6. The van der Waals surface area contributed by atoms with Gasteiger partial charge in [0, 0.05) is 33.8 Å². The van der Waals surface area contributed by atoms with Gasteiger partial charge in [-0.15, -0.1) is 0 Å². The van der Waals surface area contributed by atoms with E-state index in [1.54, 1.807) is 38.1 Å². The van der Waals surface area contributed by atoms with Crippen molar-refractivity contribution in [3.63, 3.8) is 0 Å². The van der Waals surface area contributed by atoms with E-state index in [4.69, 9.17) is 37.8 Å². The number of carbonyl (C=O) groups excluding carboxylic acids is 1. The van der Waals surface area contributed by atoms with Crippen LogP contribution in [0.25, 0.3) is 0 Å². The number of benzene rings is 3. The molecule has 0 aromatic heterocycles. The largest absolute Gasteiger partial charge is 0.478 e. The number of aliphatic imine (C=N–C) groups is 1. The monoisotopic (exact) mass is 569 g/mol. The second-order valence-electron chi connectivity index (χ2n) is 10.5. The second-order valence-corrected chi connectivity index (χ2v) is 11.4. The van der Waals surface area contributed by atoms with Gasteiger partial charge < -0.3 is 10.1 Å². The summed E-state index contributed by atoms with van der Waals surface area (Å²) < 4.78 is 21.0. The molecule has 1 fully saturated rings. The highest BCUT2D eigenvalue weighted by atomic mass is 35.5. The molecule has 3 aromatic rings. The third-order valence-electron chi connectivity index (χ3n) is 7.69. The minimum absolute atomic E-state index is 0.187. The first-order valence-corrected chi connectivity index (χ1v) is 13.5. The number of rotatable bonds is 6. The molecule has 204 valence electrons. The molecule has 3 atom stereocenters. The number of ether oxygens (including phenoxy) is 1. The van der Waals surface area contributed by atoms with Gasteiger partial charge in [-0.1, -0.05) is 35.3 Å². The number of amides is 1. The van der Waals surface area contributed by atoms with Crippen LogP contribution in [0.3, 0.4) is 0 Å². The second kappa shape index (κ2) is 10.5. The van der Waals surface area contributed by atoms with E-state index in [9.17, 15) is 9.18 Å². The van der Waals surface area contributed by atoms with E-state index in [0.717, 1.165) is 27.9 Å². The third kappa shape index (κ3) is 4.93. The quantitative estimate of drug-likeness (QED) is 0.322. The molecule has 39 heavy (non-hydrogen) atoms. The highest BCUT2D eigenvalue weighted by Gasteiger charge is 2.53. The summed E-state index contributed by atoms with van der Waals surface area (Å²) in [4.78, 5) is 22.4. The van der Waals surface area contributed by atoms with Gasteiger partial charge in [0.25, 0.3) is 5.91 Å². The van der Waals surface area contributed by atoms with Crippen LogP contribution in [-0.2, 0) is 15.0 Å². The maximum Gasteiger partial charge on any atom is 0.287 e. The molecule has 0 radical (unpaired) electrons. The molecule has 0 bridgehead atoms. The topological polar surface area (TPSA) is 72.0 Å². The molecular weight excluding hydrogens is 540 g/mol. The Labute approximate surface area is 237 Å². The van der Waals surface area contributed by atoms with Gasteiger partial charge in [0.2, 0.25) is 0 Å². The summed E-state index contributed by atoms with van der Waals surface area (Å²) in [5.41, 5.74) is 4.76. The molecule has 2 aliphatic heterocycles. The molecule has 3 aromatic carbocycles. The van der Waals surface area contributed by atoms with Crippen molar-refractivity contribution in [3.8, 4) is 5.75 Å². The maximum absolute atomic E-state index is 14.6. The van der Waals surface area contributed by atoms with Gasteiger partial charge in [0.15, 0.2) is 5.60 Å². The van der Waals surface area contributed by atoms with Gasteiger partial charge in [-0.05, 0) is 92.9 Å². The number of nitrogens with zero attached hydrogens (tertiary/aromatic N) is 1. The number of aryl methyl sites for hydroxylation is 1. The summed E-state index contributed by atoms with van der Waals surface area (Å²) in [5.74, 6) is -0.403. The lowest BCUT2D eigenvalue weighted by Crippen LogP contribution is -2.52. The van der Waals surface area contributed by atoms with Gasteiger partial charge >= 0.3 is 0 Å². The van der Waals surface area contributed by atoms with Crippen molar-refractivity contribution < 1.29 is 18.8 Å². The number of hydroxylamine groups is 1. The molecule has 2 heterocycles. The van der Waals surface area contributed by atoms with Gasteiger partial charge in [-0.2, -0.15) is 0 Å². The van der Waals surface area contributed by atoms with Crippen LogP contribution >= 0.6 is 23.2 Å². The molecule has 2 aliphatic rings. The molecule has 0 aliphatic carbocycles. The standard InChI is InChI=1S/C30H30Cl2FN3O3/c1-17-5-8-20(33)15-21(17)27-30(16-35-25-14-19(32)6-9-24(25)30)23(11-12-34-27)22-13-18(31)7-10-26(22)39-29(2,3)28(37)36-38-4/h5-10,13-16,23,27,34H,11-12H2,1-4H3,(H,36,37)/t23-,27-,30+/m0/s1. The Kier molecular flexibility index (Phi) is 7.46. The fraction of sp³-hybridized carbons (Fsp3) is 0.333. The average Bonchev–Trinajstić information content (AvgIpc) is 3.25. The van der Waals surface area contributed by atoms with E-state index in [2.05, 4.69) is 10.8 Å². The molecule has 5 rings (SSSR count). The molecule has 0 saturated carbocycles. The van der Waals surface area contributed by atoms with Gasteiger partial charge in [0.1, 0.15) is 11.6 Å². The van der Waals surface area contributed by atoms with Gasteiger partial charge in [-0.25, -0.2) is 9.87 Å². The van der Waals surface area contributed by atoms with Crippen molar-refractivity contribution in [1.82, 2.24) is 10.8 Å². The Balaban J connectivity index is 1.71. The normalized spacial score (nSPS) is 22.1. The summed E-state index contributed by atoms with van der Waals surface area (Å²) in [6.45, 7) is 5.98. The Bertz CT molecular complexity index is 1460. The van der Waals surface area contributed by atoms with Crippen molar-refractivity contribution in [2.24, 2.45) is 4.99 Å². The van der Waals surface area contributed by atoms with Crippen LogP contribution in [0.2, 0.25) is 10.0 Å². The van der Waals surface area contributed by atoms with Crippen molar-refractivity contribution in [1.29, 1.82) is 0 Å². The fourth-order valence-corrected chi connectivity index (χ4v) is 6.18. The SMILES string of the molecule is CONC(=O)C(C)(C)Oc1ccc(Cl)cc1[C@@H]1CCN[C@@H](c2cc(F)ccc2C)[C@]12C=Nc1cc(Cl)ccc12. The zero-order valence-corrected chi connectivity index (χ0v) is 23.7. The van der Waals surface area contributed by atoms with Crippen LogP contribution in [0.5, 0.6) is 5.75 Å². The molecule has 1 spiro atoms. The molecule has 1 saturated heterocycles. The smallest absolute Gasteiger partial charge is 0.287 e. The number of carbonyl (C=O) groups is 1. The highest BCUT2D eigenvalue weighted by molar-refractivity contribution is 6.31. The zero-order valence-electron chi connectivity index (χ0n) is 22.1. The average molecular weight is 570 g/mol. The number of piperidine rings is 1. The van der Waals surface area contributed by atoms with Crippen LogP contribution < -0.4 is 15.5 Å². The lowest BCUT2D eigenvalue weighted by atomic mass is 9.59. The lowest BCUT2D eigenvalue weighted by Gasteiger charge is -2.48. The van der Waals surface area contributed by atoms with E-state index < -0.39 is 16.9 Å². The fourth-order valence-electron chi connectivity index (χ4n) is 5.84. The summed E-state index contributed by atoms with van der Waals surface area (Å²) in [6.07, 6.45) is 2.66. The van der Waals surface area contributed by atoms with E-state index in [0.29, 0.717) is 28.8 Å². The Morgan fingerprint density at radius 1 is 1.10 bits per heavy atom. The van der Waals surface area contributed by atoms with Gasteiger partial charge in [-0.3, -0.25) is 14.6 Å². The van der Waals surface area contributed by atoms with E-state index in [1.165, 1.54) is 13.2 Å². The maximum atomic E-state index is 14.6. The minimum atomic E-state index is -1.24. The number of nitrogens with one attached hydrogen (secondary N) is 2. The van der Waals surface area contributed by atoms with Crippen LogP contribution in [-0.4, -0.2) is 31.4 Å². The molecular formula is C30H30Cl2FN3O3. The number of hydrogen-bond acceptors (Lipinski definition) is 5. The molecule has 1 amide bonds. The zero-order chi connectivity index (χ0) is 27.9. The summed E-state index contributed by atoms with van der Waals surface area (Å²) in [7, 11) is 1.37. The minimum Gasteiger partial charge on any atom is -0.478 e. The number of hydrogen-bond donors (Lipinski definition) is 2. The number of fused-ring (bicyclic) bond motifs is 2. The predicted molar refractivity (Wildman–Crippen MR) is 152 cm³/mol. The van der Waals surface area contributed by atoms with Crippen LogP contribution in [0.4, 0.5) is 10.1 Å². The van der Waals surface area contributed by atoms with Crippen LogP contribution in [0.15, 0.2) is 59.6 Å². The first kappa shape index (κ1) is 27.6. The number of halogens is 3. The molecule has 2 N–H and O–H groups in total. The van der Waals surface area contributed by atoms with E-state index in [1.807, 2.05) is 37.4 Å². The van der Waals surface area contributed by atoms with E-state index >= 15 is 0 Å². The van der Waals surface area contributed by atoms with Crippen molar-refractivity contribution in [3.05, 3.63) is 92.7 Å². The van der Waals surface area contributed by atoms with E-state index in [-0.39, 0.29) is 17.8 Å². The first-order valence-electron chi connectivity index (χ1n) is 12.7. The van der Waals surface area contributed by atoms with Crippen LogP contribution in [0, 0.1) is 12.7 Å². The highest BCUT2D eigenvalue weighted by Crippen LogP contribution is 2.57. The van der Waals surface area contributed by atoms with Crippen LogP contribution in [0.1, 0.15) is 54.5 Å². The molecule has 9 heteroatoms. The summed E-state index contributed by atoms with van der Waals surface area (Å²) >= 11 is 12.9.